The number of carbonyl (C=O) groups is 2. The van der Waals surface area contributed by atoms with Crippen molar-refractivity contribution in [3.63, 3.8) is 0 Å². The van der Waals surface area contributed by atoms with Gasteiger partial charge in [-0.3, -0.25) is 4.79 Å². The predicted molar refractivity (Wildman–Crippen MR) is 77.0 cm³/mol. The highest BCUT2D eigenvalue weighted by Gasteiger charge is 2.28. The molecule has 1 amide bonds. The van der Waals surface area contributed by atoms with Crippen LogP contribution in [-0.2, 0) is 4.79 Å². The molecule has 1 aliphatic rings. The number of carbonyl (C=O) groups excluding carboxylic acids is 1. The van der Waals surface area contributed by atoms with Gasteiger partial charge in [0.2, 0.25) is 5.91 Å². The third-order valence-electron chi connectivity index (χ3n) is 3.46. The quantitative estimate of drug-likeness (QED) is 0.729. The Labute approximate surface area is 121 Å². The number of halogens is 1. The first-order valence-corrected chi connectivity index (χ1v) is 6.64. The molecule has 1 atom stereocenters. The van der Waals surface area contributed by atoms with Crippen LogP contribution in [0.3, 0.4) is 0 Å². The Kier molecular flexibility index (Phi) is 4.04. The van der Waals surface area contributed by atoms with Crippen LogP contribution in [0.25, 0.3) is 0 Å². The third kappa shape index (κ3) is 2.80. The van der Waals surface area contributed by atoms with Crippen molar-refractivity contribution in [1.29, 1.82) is 0 Å². The molecule has 2 rings (SSSR count). The Balaban J connectivity index is 2.41. The van der Waals surface area contributed by atoms with E-state index in [2.05, 4.69) is 0 Å². The van der Waals surface area contributed by atoms with Crippen molar-refractivity contribution in [2.24, 2.45) is 11.7 Å². The molecule has 1 fully saturated rings. The second kappa shape index (κ2) is 5.58. The molecule has 7 heteroatoms. The Hall–Kier alpha value is -1.95. The van der Waals surface area contributed by atoms with E-state index in [0.717, 1.165) is 6.42 Å². The van der Waals surface area contributed by atoms with E-state index in [1.165, 1.54) is 12.1 Å². The van der Waals surface area contributed by atoms with Crippen LogP contribution in [-0.4, -0.2) is 30.1 Å². The Morgan fingerprint density at radius 3 is 2.70 bits per heavy atom. The van der Waals surface area contributed by atoms with Crippen molar-refractivity contribution in [2.45, 2.75) is 12.8 Å². The zero-order valence-corrected chi connectivity index (χ0v) is 11.6. The molecule has 1 saturated heterocycles. The van der Waals surface area contributed by atoms with Gasteiger partial charge < -0.3 is 21.5 Å². The Bertz CT molecular complexity index is 562. The number of aromatic carboxylic acids is 1. The molecule has 0 aromatic heterocycles. The number of anilines is 2. The van der Waals surface area contributed by atoms with Crippen molar-refractivity contribution in [1.82, 2.24) is 0 Å². The van der Waals surface area contributed by atoms with Crippen LogP contribution in [0.2, 0.25) is 5.02 Å². The molecule has 1 aromatic carbocycles. The molecule has 108 valence electrons. The standard InChI is InChI=1S/C13H16ClN3O3/c14-10-5-8(15)4-9(13(19)20)11(10)17-3-1-2-7(6-17)12(16)18/h4-5,7H,1-3,6,15H2,(H2,16,18)(H,19,20). The number of benzene rings is 1. The minimum absolute atomic E-state index is 0.0418. The number of nitrogen functional groups attached to an aromatic ring is 1. The van der Waals surface area contributed by atoms with Crippen molar-refractivity contribution in [3.8, 4) is 0 Å². The lowest BCUT2D eigenvalue weighted by Gasteiger charge is -2.34. The first-order chi connectivity index (χ1) is 9.40. The lowest BCUT2D eigenvalue weighted by atomic mass is 9.96. The number of carboxylic acids is 1. The summed E-state index contributed by atoms with van der Waals surface area (Å²) in [5, 5.41) is 9.56. The van der Waals surface area contributed by atoms with E-state index >= 15 is 0 Å². The Morgan fingerprint density at radius 1 is 1.40 bits per heavy atom. The van der Waals surface area contributed by atoms with E-state index < -0.39 is 5.97 Å². The van der Waals surface area contributed by atoms with Crippen LogP contribution in [0.5, 0.6) is 0 Å². The summed E-state index contributed by atoms with van der Waals surface area (Å²) in [6, 6.07) is 2.88. The fourth-order valence-electron chi connectivity index (χ4n) is 2.52. The summed E-state index contributed by atoms with van der Waals surface area (Å²) in [5.41, 5.74) is 11.7. The first-order valence-electron chi connectivity index (χ1n) is 6.26. The molecular weight excluding hydrogens is 282 g/mol. The maximum absolute atomic E-state index is 11.4. The molecule has 0 bridgehead atoms. The number of hydrogen-bond acceptors (Lipinski definition) is 4. The Morgan fingerprint density at radius 2 is 2.10 bits per heavy atom. The van der Waals surface area contributed by atoms with Gasteiger partial charge in [-0.05, 0) is 25.0 Å². The maximum atomic E-state index is 11.4. The molecule has 20 heavy (non-hydrogen) atoms. The zero-order chi connectivity index (χ0) is 14.9. The van der Waals surface area contributed by atoms with Crippen LogP contribution < -0.4 is 16.4 Å². The lowest BCUT2D eigenvalue weighted by molar-refractivity contribution is -0.122. The topological polar surface area (TPSA) is 110 Å². The molecule has 0 spiro atoms. The summed E-state index contributed by atoms with van der Waals surface area (Å²) in [6.45, 7) is 1.01. The smallest absolute Gasteiger partial charge is 0.337 e. The molecule has 0 saturated carbocycles. The fourth-order valence-corrected chi connectivity index (χ4v) is 2.86. The maximum Gasteiger partial charge on any atom is 0.337 e. The van der Waals surface area contributed by atoms with Crippen LogP contribution >= 0.6 is 11.6 Å². The van der Waals surface area contributed by atoms with Crippen molar-refractivity contribution < 1.29 is 14.7 Å². The van der Waals surface area contributed by atoms with Gasteiger partial charge in [0, 0.05) is 18.8 Å². The molecule has 0 radical (unpaired) electrons. The zero-order valence-electron chi connectivity index (χ0n) is 10.8. The van der Waals surface area contributed by atoms with Crippen LogP contribution in [0.15, 0.2) is 12.1 Å². The van der Waals surface area contributed by atoms with E-state index in [1.54, 1.807) is 4.90 Å². The number of piperidine rings is 1. The number of nitrogens with two attached hydrogens (primary N) is 2. The lowest BCUT2D eigenvalue weighted by Crippen LogP contribution is -2.41. The molecule has 1 heterocycles. The van der Waals surface area contributed by atoms with Gasteiger partial charge in [-0.2, -0.15) is 0 Å². The van der Waals surface area contributed by atoms with E-state index in [9.17, 15) is 14.7 Å². The largest absolute Gasteiger partial charge is 0.478 e. The highest BCUT2D eigenvalue weighted by molar-refractivity contribution is 6.34. The molecule has 1 aliphatic heterocycles. The van der Waals surface area contributed by atoms with Gasteiger partial charge in [-0.15, -0.1) is 0 Å². The molecule has 1 unspecified atom stereocenters. The summed E-state index contributed by atoms with van der Waals surface area (Å²) in [4.78, 5) is 24.5. The molecular formula is C13H16ClN3O3. The fraction of sp³-hybridized carbons (Fsp3) is 0.385. The second-order valence-corrected chi connectivity index (χ2v) is 5.30. The predicted octanol–water partition coefficient (Wildman–Crippen LogP) is 1.32. The minimum Gasteiger partial charge on any atom is -0.478 e. The first kappa shape index (κ1) is 14.5. The number of rotatable bonds is 3. The molecule has 5 N–H and O–H groups in total. The van der Waals surface area contributed by atoms with Crippen LogP contribution in [0.4, 0.5) is 11.4 Å². The highest BCUT2D eigenvalue weighted by Crippen LogP contribution is 2.35. The number of hydrogen-bond donors (Lipinski definition) is 3. The van der Waals surface area contributed by atoms with Crippen molar-refractivity contribution in [3.05, 3.63) is 22.7 Å². The summed E-state index contributed by atoms with van der Waals surface area (Å²) >= 11 is 6.14. The number of amides is 1. The summed E-state index contributed by atoms with van der Waals surface area (Å²) in [6.07, 6.45) is 1.47. The van der Waals surface area contributed by atoms with E-state index in [4.69, 9.17) is 23.1 Å². The third-order valence-corrected chi connectivity index (χ3v) is 3.74. The van der Waals surface area contributed by atoms with Gasteiger partial charge in [0.05, 0.1) is 22.2 Å². The van der Waals surface area contributed by atoms with Crippen molar-refractivity contribution in [2.75, 3.05) is 23.7 Å². The van der Waals surface area contributed by atoms with Gasteiger partial charge in [-0.25, -0.2) is 4.79 Å². The summed E-state index contributed by atoms with van der Waals surface area (Å²) < 4.78 is 0. The monoisotopic (exact) mass is 297 g/mol. The molecule has 6 nitrogen and oxygen atoms in total. The van der Waals surface area contributed by atoms with Gasteiger partial charge in [0.25, 0.3) is 0 Å². The average molecular weight is 298 g/mol. The van der Waals surface area contributed by atoms with E-state index in [-0.39, 0.29) is 22.4 Å². The van der Waals surface area contributed by atoms with Crippen LogP contribution in [0, 0.1) is 5.92 Å². The summed E-state index contributed by atoms with van der Waals surface area (Å²) in [7, 11) is 0. The van der Waals surface area contributed by atoms with Gasteiger partial charge in [0.15, 0.2) is 0 Å². The van der Waals surface area contributed by atoms with Crippen molar-refractivity contribution >= 4 is 34.9 Å². The van der Waals surface area contributed by atoms with E-state index in [0.29, 0.717) is 30.9 Å². The van der Waals surface area contributed by atoms with Gasteiger partial charge in [0.1, 0.15) is 0 Å². The highest BCUT2D eigenvalue weighted by atomic mass is 35.5. The second-order valence-electron chi connectivity index (χ2n) is 4.89. The summed E-state index contributed by atoms with van der Waals surface area (Å²) in [5.74, 6) is -1.77. The number of carboxylic acid groups (broad SMARTS) is 1. The number of primary amides is 1. The SMILES string of the molecule is NC(=O)C1CCCN(c2c(Cl)cc(N)cc2C(=O)O)C1. The minimum atomic E-state index is -1.10. The average Bonchev–Trinajstić information content (AvgIpc) is 2.37. The van der Waals surface area contributed by atoms with E-state index in [1.807, 2.05) is 0 Å². The molecule has 1 aromatic rings. The normalized spacial score (nSPS) is 18.9. The molecule has 0 aliphatic carbocycles. The number of nitrogens with zero attached hydrogens (tertiary/aromatic N) is 1. The van der Waals surface area contributed by atoms with Gasteiger partial charge in [-0.1, -0.05) is 11.6 Å². The van der Waals surface area contributed by atoms with Crippen LogP contribution in [0.1, 0.15) is 23.2 Å². The van der Waals surface area contributed by atoms with Gasteiger partial charge >= 0.3 is 5.97 Å².